The second kappa shape index (κ2) is 19.4. The molecule has 8 fully saturated rings. The van der Waals surface area contributed by atoms with Gasteiger partial charge in [0.1, 0.15) is 73.2 Å². The first-order valence-corrected chi connectivity index (χ1v) is 24.2. The maximum absolute atomic E-state index is 14.3. The second-order valence-electron chi connectivity index (χ2n) is 21.9. The van der Waals surface area contributed by atoms with Crippen LogP contribution in [0.4, 0.5) is 0 Å². The molecule has 386 valence electrons. The summed E-state index contributed by atoms with van der Waals surface area (Å²) in [6.07, 6.45) is -22.3. The van der Waals surface area contributed by atoms with Crippen molar-refractivity contribution in [1.82, 2.24) is 0 Å². The standard InChI is InChI=1S/C46H76O21/c1-18(17-61-40-37(57)35(55)32(52)27(15-47)64-40)7-10-46(60-6)19(2)30-25(67-46)12-23-21-11-29(50)45(59)14-26(24(49)13-44(45,5)22(21)8-9-43(23,30)4)63-42-39(36(56)33(53)28(16-48)65-42)66-41-38(58)34(54)31(51)20(3)62-41/h18-23,25-42,47-48,50-59H,7-17H2,1-6H3. The normalized spacial score (nSPS) is 55.9. The Kier molecular flexibility index (Phi) is 15.1. The van der Waals surface area contributed by atoms with Gasteiger partial charge in [0.05, 0.1) is 43.7 Å². The first-order valence-electron chi connectivity index (χ1n) is 24.2. The largest absolute Gasteiger partial charge is 0.394 e. The van der Waals surface area contributed by atoms with Gasteiger partial charge < -0.3 is 99.2 Å². The average molecular weight is 965 g/mol. The summed E-state index contributed by atoms with van der Waals surface area (Å²) in [7, 11) is 1.65. The van der Waals surface area contributed by atoms with Crippen molar-refractivity contribution in [2.24, 2.45) is 46.3 Å². The predicted octanol–water partition coefficient (Wildman–Crippen LogP) is -2.83. The number of carbonyl (C=O) groups excluding carboxylic acids is 1. The van der Waals surface area contributed by atoms with Crippen LogP contribution in [0.1, 0.15) is 86.0 Å². The molecule has 8 rings (SSSR count). The van der Waals surface area contributed by atoms with E-state index in [9.17, 15) is 66.1 Å². The van der Waals surface area contributed by atoms with Gasteiger partial charge in [-0.2, -0.15) is 0 Å². The molecule has 0 aromatic heterocycles. The molecule has 28 atom stereocenters. The minimum absolute atomic E-state index is 0.0318. The average Bonchev–Trinajstić information content (AvgIpc) is 3.75. The molecular formula is C46H76O21. The molecule has 4 aliphatic heterocycles. The number of aliphatic hydroxyl groups is 12. The fourth-order valence-corrected chi connectivity index (χ4v) is 14.3. The van der Waals surface area contributed by atoms with Gasteiger partial charge in [-0.25, -0.2) is 0 Å². The third kappa shape index (κ3) is 8.58. The Morgan fingerprint density at radius 1 is 0.761 bits per heavy atom. The van der Waals surface area contributed by atoms with Crippen LogP contribution >= 0.6 is 0 Å². The van der Waals surface area contributed by atoms with E-state index in [1.54, 1.807) is 7.11 Å². The first kappa shape index (κ1) is 52.2. The van der Waals surface area contributed by atoms with Crippen LogP contribution in [-0.4, -0.2) is 216 Å². The van der Waals surface area contributed by atoms with Gasteiger partial charge in [-0.3, -0.25) is 4.79 Å². The van der Waals surface area contributed by atoms with Gasteiger partial charge in [0.2, 0.25) is 0 Å². The molecule has 0 aromatic carbocycles. The molecule has 67 heavy (non-hydrogen) atoms. The number of methoxy groups -OCH3 is 1. The molecule has 0 amide bonds. The quantitative estimate of drug-likeness (QED) is 0.0828. The molecule has 21 heteroatoms. The zero-order chi connectivity index (χ0) is 48.9. The number of hydrogen-bond acceptors (Lipinski definition) is 21. The molecular weight excluding hydrogens is 888 g/mol. The summed E-state index contributed by atoms with van der Waals surface area (Å²) >= 11 is 0. The fraction of sp³-hybridized carbons (Fsp3) is 0.978. The molecule has 28 unspecified atom stereocenters. The van der Waals surface area contributed by atoms with E-state index in [-0.39, 0.29) is 72.9 Å². The molecule has 4 saturated heterocycles. The van der Waals surface area contributed by atoms with Crippen LogP contribution in [-0.2, 0) is 42.7 Å². The highest BCUT2D eigenvalue weighted by molar-refractivity contribution is 5.85. The lowest BCUT2D eigenvalue weighted by atomic mass is 9.42. The van der Waals surface area contributed by atoms with Crippen molar-refractivity contribution in [3.63, 3.8) is 0 Å². The van der Waals surface area contributed by atoms with E-state index in [4.69, 9.17) is 37.9 Å². The van der Waals surface area contributed by atoms with Crippen molar-refractivity contribution in [3.8, 4) is 0 Å². The van der Waals surface area contributed by atoms with Crippen molar-refractivity contribution in [2.75, 3.05) is 26.9 Å². The summed E-state index contributed by atoms with van der Waals surface area (Å²) in [6.45, 7) is 8.59. The van der Waals surface area contributed by atoms with Gasteiger partial charge in [0, 0.05) is 37.7 Å². The van der Waals surface area contributed by atoms with Gasteiger partial charge in [0.25, 0.3) is 0 Å². The monoisotopic (exact) mass is 964 g/mol. The third-order valence-electron chi connectivity index (χ3n) is 18.3. The molecule has 0 aromatic rings. The van der Waals surface area contributed by atoms with Crippen molar-refractivity contribution in [1.29, 1.82) is 0 Å². The number of carbonyl (C=O) groups is 1. The van der Waals surface area contributed by atoms with Gasteiger partial charge in [-0.1, -0.05) is 27.7 Å². The lowest BCUT2D eigenvalue weighted by Gasteiger charge is -2.65. The lowest BCUT2D eigenvalue weighted by molar-refractivity contribution is -0.370. The number of fused-ring (bicyclic) bond motifs is 7. The highest BCUT2D eigenvalue weighted by Crippen LogP contribution is 2.71. The zero-order valence-corrected chi connectivity index (χ0v) is 39.2. The summed E-state index contributed by atoms with van der Waals surface area (Å²) in [6, 6.07) is 0. The van der Waals surface area contributed by atoms with E-state index < -0.39 is 140 Å². The Labute approximate surface area is 390 Å². The molecule has 21 nitrogen and oxygen atoms in total. The van der Waals surface area contributed by atoms with Crippen LogP contribution in [0.15, 0.2) is 0 Å². The van der Waals surface area contributed by atoms with Crippen molar-refractivity contribution in [3.05, 3.63) is 0 Å². The summed E-state index contributed by atoms with van der Waals surface area (Å²) in [4.78, 5) is 14.3. The molecule has 4 saturated carbocycles. The third-order valence-corrected chi connectivity index (χ3v) is 18.3. The second-order valence-corrected chi connectivity index (χ2v) is 21.9. The first-order chi connectivity index (χ1) is 31.5. The van der Waals surface area contributed by atoms with Crippen molar-refractivity contribution < 1.29 is 104 Å². The van der Waals surface area contributed by atoms with Crippen LogP contribution in [0.25, 0.3) is 0 Å². The summed E-state index contributed by atoms with van der Waals surface area (Å²) in [5, 5.41) is 128. The minimum atomic E-state index is -1.81. The van der Waals surface area contributed by atoms with Crippen LogP contribution in [0.5, 0.6) is 0 Å². The summed E-state index contributed by atoms with van der Waals surface area (Å²) in [5.74, 6) is -1.38. The topological polar surface area (TPSA) is 334 Å². The van der Waals surface area contributed by atoms with Gasteiger partial charge >= 0.3 is 0 Å². The smallest absolute Gasteiger partial charge is 0.187 e. The Bertz CT molecular complexity index is 1730. The number of rotatable bonds is 13. The summed E-state index contributed by atoms with van der Waals surface area (Å²) < 4.78 is 48.0. The van der Waals surface area contributed by atoms with Crippen LogP contribution < -0.4 is 0 Å². The number of Topliss-reactive ketones (excluding diaryl/α,β-unsaturated/α-hetero) is 1. The van der Waals surface area contributed by atoms with E-state index in [1.807, 2.05) is 13.8 Å². The van der Waals surface area contributed by atoms with Crippen LogP contribution in [0, 0.1) is 46.3 Å². The number of aliphatic hydroxyl groups excluding tert-OH is 11. The Morgan fingerprint density at radius 2 is 1.39 bits per heavy atom. The number of ketones is 1. The summed E-state index contributed by atoms with van der Waals surface area (Å²) in [5.41, 5.74) is -3.09. The molecule has 8 aliphatic rings. The highest BCUT2D eigenvalue weighted by atomic mass is 16.8. The zero-order valence-electron chi connectivity index (χ0n) is 39.2. The van der Waals surface area contributed by atoms with Crippen molar-refractivity contribution in [2.45, 2.75) is 208 Å². The van der Waals surface area contributed by atoms with E-state index in [2.05, 4.69) is 13.8 Å². The van der Waals surface area contributed by atoms with Crippen LogP contribution in [0.2, 0.25) is 0 Å². The predicted molar refractivity (Wildman–Crippen MR) is 226 cm³/mol. The van der Waals surface area contributed by atoms with Crippen LogP contribution in [0.3, 0.4) is 0 Å². The number of hydrogen-bond donors (Lipinski definition) is 12. The Balaban J connectivity index is 0.929. The fourth-order valence-electron chi connectivity index (χ4n) is 14.3. The molecule has 0 radical (unpaired) electrons. The molecule has 12 N–H and O–H groups in total. The SMILES string of the molecule is COC1(CCC(C)COC2OC(CO)C(O)C(O)C2O)OC2CC3C4CC(O)C5(O)CC(OC6OC(CO)C(O)C(O)C6OC6OC(C)C(O)C(O)C6O)C(=O)CC5(C)C4CCC3(C)C2C1C. The highest BCUT2D eigenvalue weighted by Gasteiger charge is 2.73. The maximum atomic E-state index is 14.3. The van der Waals surface area contributed by atoms with Crippen molar-refractivity contribution >= 4 is 5.78 Å². The maximum Gasteiger partial charge on any atom is 0.187 e. The minimum Gasteiger partial charge on any atom is -0.394 e. The van der Waals surface area contributed by atoms with Gasteiger partial charge in [-0.15, -0.1) is 0 Å². The van der Waals surface area contributed by atoms with E-state index in [0.29, 0.717) is 25.7 Å². The molecule has 0 spiro atoms. The van der Waals surface area contributed by atoms with Gasteiger partial charge in [0.15, 0.2) is 30.4 Å². The molecule has 0 bridgehead atoms. The lowest BCUT2D eigenvalue weighted by Crippen LogP contribution is -2.71. The Hall–Kier alpha value is -1.13. The molecule has 4 heterocycles. The van der Waals surface area contributed by atoms with Gasteiger partial charge in [-0.05, 0) is 74.0 Å². The van der Waals surface area contributed by atoms with E-state index in [0.717, 1.165) is 6.42 Å². The number of ether oxygens (including phenoxy) is 8. The molecule has 4 aliphatic carbocycles. The van der Waals surface area contributed by atoms with E-state index >= 15 is 0 Å². The van der Waals surface area contributed by atoms with E-state index in [1.165, 1.54) is 6.92 Å². The Morgan fingerprint density at radius 3 is 2.04 bits per heavy atom.